The summed E-state index contributed by atoms with van der Waals surface area (Å²) in [6.45, 7) is 1.72. The predicted molar refractivity (Wildman–Crippen MR) is 119 cm³/mol. The van der Waals surface area contributed by atoms with Gasteiger partial charge in [-0.05, 0) is 37.5 Å². The van der Waals surface area contributed by atoms with Crippen LogP contribution in [0, 0.1) is 6.92 Å². The Morgan fingerprint density at radius 3 is 2.47 bits per heavy atom. The van der Waals surface area contributed by atoms with Gasteiger partial charge in [0, 0.05) is 19.0 Å². The number of nitrogens with zero attached hydrogens (tertiary/aromatic N) is 3. The Morgan fingerprint density at radius 2 is 1.82 bits per heavy atom. The topological polar surface area (TPSA) is 159 Å². The number of nitrogens with one attached hydrogen (secondary N) is 3. The smallest absolute Gasteiger partial charge is 0.276 e. The van der Waals surface area contributed by atoms with E-state index in [0.29, 0.717) is 28.7 Å². The van der Waals surface area contributed by atoms with Gasteiger partial charge in [-0.3, -0.25) is 18.7 Å². The number of aryl methyl sites for hydroxylation is 1. The zero-order chi connectivity index (χ0) is 24.9. The highest BCUT2D eigenvalue weighted by Crippen LogP contribution is 2.43. The summed E-state index contributed by atoms with van der Waals surface area (Å²) in [5.74, 6) is -2.75. The van der Waals surface area contributed by atoms with Gasteiger partial charge in [0.05, 0.1) is 11.6 Å². The molecule has 0 atom stereocenters. The molecule has 0 radical (unpaired) electrons. The van der Waals surface area contributed by atoms with E-state index in [1.54, 1.807) is 25.3 Å². The number of halogens is 2. The molecule has 4 N–H and O–H groups in total. The Hall–Kier alpha value is -3.39. The Balaban J connectivity index is 0.000000499. The van der Waals surface area contributed by atoms with Crippen molar-refractivity contribution in [1.82, 2.24) is 24.8 Å². The van der Waals surface area contributed by atoms with Crippen molar-refractivity contribution in [2.24, 2.45) is 0 Å². The molecule has 0 bridgehead atoms. The minimum absolute atomic E-state index is 0.00287. The molecular weight excluding hydrogens is 474 g/mol. The standard InChI is InChI=1S/C19H18F2N6O2.CH4O3S/c1-10-8-12(25-15-11-2-7-22-14(11)23-9-24-15)17(29)27-13(10)16(28)26-19(27)5-3-18(20,21)4-6-19;1-5(2,3)4/h2,7-9H,3-6H2,1H3,(H,26,28)(H2,22,23,24,25);1H3,(H,2,3,4). The lowest BCUT2D eigenvalue weighted by molar-refractivity contribution is -0.0667. The van der Waals surface area contributed by atoms with Crippen molar-refractivity contribution in [2.75, 3.05) is 11.6 Å². The van der Waals surface area contributed by atoms with E-state index >= 15 is 0 Å². The Kier molecular flexibility index (Phi) is 5.68. The Morgan fingerprint density at radius 1 is 1.18 bits per heavy atom. The van der Waals surface area contributed by atoms with Gasteiger partial charge in [0.2, 0.25) is 5.92 Å². The first-order valence-corrected chi connectivity index (χ1v) is 12.1. The molecule has 1 aliphatic heterocycles. The number of hydrogen-bond donors (Lipinski definition) is 4. The second-order valence-corrected chi connectivity index (χ2v) is 9.86. The van der Waals surface area contributed by atoms with Gasteiger partial charge in [-0.1, -0.05) is 0 Å². The molecule has 1 saturated carbocycles. The van der Waals surface area contributed by atoms with E-state index in [9.17, 15) is 26.8 Å². The molecule has 5 rings (SSSR count). The molecule has 0 unspecified atom stereocenters. The summed E-state index contributed by atoms with van der Waals surface area (Å²) in [4.78, 5) is 37.2. The van der Waals surface area contributed by atoms with Crippen molar-refractivity contribution in [3.05, 3.63) is 46.3 Å². The van der Waals surface area contributed by atoms with Crippen LogP contribution in [0.15, 0.2) is 29.5 Å². The lowest BCUT2D eigenvalue weighted by Gasteiger charge is -2.38. The summed E-state index contributed by atoms with van der Waals surface area (Å²) in [6, 6.07) is 3.37. The second kappa shape index (κ2) is 8.13. The molecule has 1 aliphatic carbocycles. The van der Waals surface area contributed by atoms with E-state index in [0.717, 1.165) is 0 Å². The van der Waals surface area contributed by atoms with Crippen LogP contribution in [-0.2, 0) is 15.8 Å². The van der Waals surface area contributed by atoms with Gasteiger partial charge in [-0.25, -0.2) is 18.7 Å². The lowest BCUT2D eigenvalue weighted by atomic mass is 9.86. The van der Waals surface area contributed by atoms with E-state index < -0.39 is 33.2 Å². The molecule has 4 heterocycles. The summed E-state index contributed by atoms with van der Waals surface area (Å²) in [5.41, 5.74) is 0.0711. The van der Waals surface area contributed by atoms with E-state index in [-0.39, 0.29) is 37.1 Å². The molecule has 3 aromatic rings. The number of pyridine rings is 1. The van der Waals surface area contributed by atoms with Crippen LogP contribution in [0.2, 0.25) is 0 Å². The van der Waals surface area contributed by atoms with Crippen molar-refractivity contribution in [3.8, 4) is 0 Å². The van der Waals surface area contributed by atoms with Crippen molar-refractivity contribution < 1.29 is 26.5 Å². The van der Waals surface area contributed by atoms with Gasteiger partial charge in [0.15, 0.2) is 0 Å². The molecule has 2 aliphatic rings. The highest BCUT2D eigenvalue weighted by molar-refractivity contribution is 7.85. The quantitative estimate of drug-likeness (QED) is 0.393. The normalized spacial score (nSPS) is 18.2. The molecule has 1 fully saturated rings. The van der Waals surface area contributed by atoms with Crippen LogP contribution in [-0.4, -0.2) is 50.6 Å². The average molecular weight is 496 g/mol. The minimum atomic E-state index is -3.67. The third-order valence-corrected chi connectivity index (χ3v) is 5.80. The number of amides is 1. The summed E-state index contributed by atoms with van der Waals surface area (Å²) in [6.07, 6.45) is 3.03. The maximum absolute atomic E-state index is 13.7. The lowest BCUT2D eigenvalue weighted by Crippen LogP contribution is -2.51. The van der Waals surface area contributed by atoms with Crippen molar-refractivity contribution in [1.29, 1.82) is 0 Å². The molecule has 1 amide bonds. The highest BCUT2D eigenvalue weighted by Gasteiger charge is 2.51. The maximum Gasteiger partial charge on any atom is 0.276 e. The SMILES string of the molecule is CS(=O)(=O)O.Cc1cc(Nc2ncnc3[nH]ccc23)c(=O)n2c1C(=O)NC21CCC(F)(F)CC1. The molecule has 3 aromatic heterocycles. The van der Waals surface area contributed by atoms with Gasteiger partial charge in [-0.2, -0.15) is 8.42 Å². The summed E-state index contributed by atoms with van der Waals surface area (Å²) in [7, 11) is -3.67. The average Bonchev–Trinajstić information content (AvgIpc) is 3.31. The van der Waals surface area contributed by atoms with E-state index in [2.05, 4.69) is 25.6 Å². The van der Waals surface area contributed by atoms with Gasteiger partial charge in [-0.15, -0.1) is 0 Å². The third kappa shape index (κ3) is 4.50. The number of hydrogen-bond acceptors (Lipinski definition) is 7. The van der Waals surface area contributed by atoms with Crippen LogP contribution in [0.1, 0.15) is 41.7 Å². The summed E-state index contributed by atoms with van der Waals surface area (Å²) >= 11 is 0. The zero-order valence-corrected chi connectivity index (χ0v) is 19.0. The van der Waals surface area contributed by atoms with Gasteiger partial charge < -0.3 is 15.6 Å². The number of alkyl halides is 2. The molecular formula is C20H22F2N6O5S. The minimum Gasteiger partial charge on any atom is -0.346 e. The summed E-state index contributed by atoms with van der Waals surface area (Å²) < 4.78 is 54.7. The predicted octanol–water partition coefficient (Wildman–Crippen LogP) is 2.28. The Bertz CT molecular complexity index is 1430. The first-order chi connectivity index (χ1) is 15.8. The molecule has 0 aromatic carbocycles. The van der Waals surface area contributed by atoms with Crippen LogP contribution in [0.5, 0.6) is 0 Å². The zero-order valence-electron chi connectivity index (χ0n) is 18.2. The number of carbonyl (C=O) groups excluding carboxylic acids is 1. The molecule has 11 nitrogen and oxygen atoms in total. The monoisotopic (exact) mass is 496 g/mol. The molecule has 34 heavy (non-hydrogen) atoms. The number of anilines is 2. The number of aromatic nitrogens is 4. The fourth-order valence-electron chi connectivity index (χ4n) is 4.33. The maximum atomic E-state index is 13.7. The molecule has 0 saturated heterocycles. The second-order valence-electron chi connectivity index (χ2n) is 8.39. The van der Waals surface area contributed by atoms with Gasteiger partial charge >= 0.3 is 0 Å². The number of H-pyrrole nitrogens is 1. The number of carbonyl (C=O) groups is 1. The molecule has 1 spiro atoms. The van der Waals surface area contributed by atoms with Crippen LogP contribution < -0.4 is 16.2 Å². The van der Waals surface area contributed by atoms with Crippen LogP contribution in [0.4, 0.5) is 20.3 Å². The fraction of sp³-hybridized carbons (Fsp3) is 0.400. The Labute approximate surface area is 192 Å². The van der Waals surface area contributed by atoms with E-state index in [1.165, 1.54) is 10.9 Å². The number of aromatic amines is 1. The number of rotatable bonds is 2. The summed E-state index contributed by atoms with van der Waals surface area (Å²) in [5, 5.41) is 6.54. The first kappa shape index (κ1) is 23.8. The third-order valence-electron chi connectivity index (χ3n) is 5.80. The van der Waals surface area contributed by atoms with Crippen LogP contribution in [0.25, 0.3) is 11.0 Å². The van der Waals surface area contributed by atoms with Crippen LogP contribution in [0.3, 0.4) is 0 Å². The van der Waals surface area contributed by atoms with Crippen LogP contribution >= 0.6 is 0 Å². The van der Waals surface area contributed by atoms with Gasteiger partial charge in [0.25, 0.3) is 21.6 Å². The molecule has 14 heteroatoms. The van der Waals surface area contributed by atoms with E-state index in [1.807, 2.05) is 0 Å². The first-order valence-electron chi connectivity index (χ1n) is 10.2. The number of fused-ring (bicyclic) bond motifs is 3. The highest BCUT2D eigenvalue weighted by atomic mass is 32.2. The fourth-order valence-corrected chi connectivity index (χ4v) is 4.33. The van der Waals surface area contributed by atoms with Crippen molar-refractivity contribution >= 4 is 38.6 Å². The molecule has 182 valence electrons. The largest absolute Gasteiger partial charge is 0.346 e. The van der Waals surface area contributed by atoms with Crippen molar-refractivity contribution in [3.63, 3.8) is 0 Å². The van der Waals surface area contributed by atoms with Gasteiger partial charge in [0.1, 0.15) is 34.8 Å². The van der Waals surface area contributed by atoms with E-state index in [4.69, 9.17) is 4.55 Å². The van der Waals surface area contributed by atoms with Crippen molar-refractivity contribution in [2.45, 2.75) is 44.2 Å².